The number of benzene rings is 8. The Morgan fingerprint density at radius 2 is 1.00 bits per heavy atom. The third-order valence-electron chi connectivity index (χ3n) is 12.7. The predicted octanol–water partition coefficient (Wildman–Crippen LogP) is 15.5. The Balaban J connectivity index is 1.07. The molecule has 0 radical (unpaired) electrons. The van der Waals surface area contributed by atoms with Crippen LogP contribution in [-0.2, 0) is 10.8 Å². The van der Waals surface area contributed by atoms with Crippen LogP contribution in [0, 0.1) is 0 Å². The first-order valence-electron chi connectivity index (χ1n) is 19.7. The molecule has 0 aliphatic heterocycles. The minimum absolute atomic E-state index is 0.0403. The van der Waals surface area contributed by atoms with Gasteiger partial charge in [0.2, 0.25) is 0 Å². The van der Waals surface area contributed by atoms with Gasteiger partial charge in [-0.1, -0.05) is 155 Å². The predicted molar refractivity (Wildman–Crippen MR) is 240 cm³/mol. The number of anilines is 3. The third-order valence-corrected chi connectivity index (χ3v) is 13.8. The number of hydrogen-bond donors (Lipinski definition) is 0. The van der Waals surface area contributed by atoms with Gasteiger partial charge in [0.05, 0.1) is 5.69 Å². The summed E-state index contributed by atoms with van der Waals surface area (Å²) in [5.74, 6) is 0. The quantitative estimate of drug-likeness (QED) is 0.170. The van der Waals surface area contributed by atoms with E-state index in [9.17, 15) is 0 Å². The van der Waals surface area contributed by atoms with Gasteiger partial charge in [-0.3, -0.25) is 0 Å². The van der Waals surface area contributed by atoms with Crippen LogP contribution in [0.15, 0.2) is 176 Å². The van der Waals surface area contributed by atoms with E-state index in [4.69, 9.17) is 0 Å². The van der Waals surface area contributed by atoms with E-state index in [-0.39, 0.29) is 10.8 Å². The van der Waals surface area contributed by atoms with Crippen molar-refractivity contribution in [2.45, 2.75) is 38.5 Å². The van der Waals surface area contributed by atoms with Gasteiger partial charge in [-0.05, 0) is 115 Å². The highest BCUT2D eigenvalue weighted by Gasteiger charge is 2.39. The van der Waals surface area contributed by atoms with Crippen molar-refractivity contribution in [1.82, 2.24) is 0 Å². The molecule has 2 aliphatic carbocycles. The van der Waals surface area contributed by atoms with Gasteiger partial charge in [0.25, 0.3) is 0 Å². The van der Waals surface area contributed by atoms with Crippen LogP contribution in [0.25, 0.3) is 64.7 Å². The standard InChI is InChI=1S/C54H41NS/c1-53(2)45-21-8-5-16-40(45)42-31-28-35(33-47(42)53)34-26-29-37(30-27-34)55(48-23-12-20-43-41-17-6-9-22-46(41)54(3,4)52(43)48)38-15-11-14-36(32-38)39-19-13-25-50-51(39)44-18-7-10-24-49(44)56-50/h5-33H,1-4H3. The van der Waals surface area contributed by atoms with Gasteiger partial charge in [-0.15, -0.1) is 11.3 Å². The minimum atomic E-state index is -0.172. The largest absolute Gasteiger partial charge is 0.310 e. The van der Waals surface area contributed by atoms with Crippen LogP contribution < -0.4 is 4.90 Å². The van der Waals surface area contributed by atoms with Crippen LogP contribution in [0.2, 0.25) is 0 Å². The number of nitrogens with zero attached hydrogens (tertiary/aromatic N) is 1. The maximum Gasteiger partial charge on any atom is 0.0508 e. The summed E-state index contributed by atoms with van der Waals surface area (Å²) < 4.78 is 2.65. The molecule has 0 saturated heterocycles. The molecule has 0 spiro atoms. The fourth-order valence-corrected chi connectivity index (χ4v) is 11.1. The molecule has 1 heterocycles. The Morgan fingerprint density at radius 3 is 1.82 bits per heavy atom. The van der Waals surface area contributed by atoms with Crippen LogP contribution in [0.1, 0.15) is 49.9 Å². The zero-order valence-corrected chi connectivity index (χ0v) is 32.9. The second-order valence-corrected chi connectivity index (χ2v) is 17.6. The third kappa shape index (κ3) is 4.79. The Labute approximate surface area is 333 Å². The maximum absolute atomic E-state index is 2.49. The minimum Gasteiger partial charge on any atom is -0.310 e. The summed E-state index contributed by atoms with van der Waals surface area (Å²) in [6.07, 6.45) is 0. The number of hydrogen-bond acceptors (Lipinski definition) is 2. The lowest BCUT2D eigenvalue weighted by atomic mass is 9.81. The van der Waals surface area contributed by atoms with Gasteiger partial charge in [0.1, 0.15) is 0 Å². The molecule has 0 bridgehead atoms. The van der Waals surface area contributed by atoms with Crippen LogP contribution in [0.4, 0.5) is 17.1 Å². The van der Waals surface area contributed by atoms with Crippen molar-refractivity contribution in [1.29, 1.82) is 0 Å². The molecule has 2 aliphatic rings. The van der Waals surface area contributed by atoms with E-state index in [1.807, 2.05) is 11.3 Å². The van der Waals surface area contributed by atoms with E-state index in [1.165, 1.54) is 92.6 Å². The van der Waals surface area contributed by atoms with Gasteiger partial charge in [-0.2, -0.15) is 0 Å². The van der Waals surface area contributed by atoms with Crippen molar-refractivity contribution in [3.8, 4) is 44.5 Å². The molecule has 0 amide bonds. The summed E-state index contributed by atoms with van der Waals surface area (Å²) in [5.41, 5.74) is 19.1. The van der Waals surface area contributed by atoms with Gasteiger partial charge in [0.15, 0.2) is 0 Å². The molecule has 11 rings (SSSR count). The SMILES string of the molecule is CC1(C)c2ccccc2-c2ccc(-c3ccc(N(c4cccc(-c5cccc6sc7ccccc7c56)c4)c4cccc5c4C(C)(C)c4ccccc4-5)cc3)cc21. The molecular weight excluding hydrogens is 695 g/mol. The summed E-state index contributed by atoms with van der Waals surface area (Å²) in [4.78, 5) is 2.49. The lowest BCUT2D eigenvalue weighted by molar-refractivity contribution is 0.660. The molecule has 0 atom stereocenters. The smallest absolute Gasteiger partial charge is 0.0508 e. The first-order chi connectivity index (χ1) is 27.3. The van der Waals surface area contributed by atoms with Crippen LogP contribution in [0.5, 0.6) is 0 Å². The highest BCUT2D eigenvalue weighted by Crippen LogP contribution is 2.55. The first-order valence-corrected chi connectivity index (χ1v) is 20.5. The Kier molecular flexibility index (Phi) is 7.18. The average molecular weight is 736 g/mol. The lowest BCUT2D eigenvalue weighted by Gasteiger charge is -2.32. The lowest BCUT2D eigenvalue weighted by Crippen LogP contribution is -2.20. The molecule has 0 N–H and O–H groups in total. The second kappa shape index (κ2) is 12.1. The normalized spacial score (nSPS) is 14.4. The number of fused-ring (bicyclic) bond motifs is 9. The van der Waals surface area contributed by atoms with Crippen molar-refractivity contribution in [2.75, 3.05) is 4.90 Å². The summed E-state index contributed by atoms with van der Waals surface area (Å²) >= 11 is 1.87. The average Bonchev–Trinajstić information content (AvgIpc) is 3.81. The maximum atomic E-state index is 2.49. The Hall–Kier alpha value is -6.22. The fourth-order valence-electron chi connectivity index (χ4n) is 9.95. The van der Waals surface area contributed by atoms with Gasteiger partial charge in [-0.25, -0.2) is 0 Å². The van der Waals surface area contributed by atoms with E-state index >= 15 is 0 Å². The molecule has 268 valence electrons. The molecule has 56 heavy (non-hydrogen) atoms. The molecule has 0 saturated carbocycles. The topological polar surface area (TPSA) is 3.24 Å². The summed E-state index contributed by atoms with van der Waals surface area (Å²) in [6.45, 7) is 9.48. The molecule has 1 nitrogen and oxygen atoms in total. The molecule has 2 heteroatoms. The van der Waals surface area contributed by atoms with E-state index in [0.717, 1.165) is 11.4 Å². The highest BCUT2D eigenvalue weighted by molar-refractivity contribution is 7.25. The van der Waals surface area contributed by atoms with Crippen molar-refractivity contribution < 1.29 is 0 Å². The van der Waals surface area contributed by atoms with Crippen molar-refractivity contribution in [3.63, 3.8) is 0 Å². The second-order valence-electron chi connectivity index (χ2n) is 16.5. The zero-order valence-electron chi connectivity index (χ0n) is 32.1. The molecule has 9 aromatic rings. The molecule has 0 unspecified atom stereocenters. The van der Waals surface area contributed by atoms with Crippen molar-refractivity contribution >= 4 is 48.6 Å². The van der Waals surface area contributed by atoms with Gasteiger partial charge < -0.3 is 4.90 Å². The summed E-state index contributed by atoms with van der Waals surface area (Å²) in [7, 11) is 0. The molecular formula is C54H41NS. The highest BCUT2D eigenvalue weighted by atomic mass is 32.1. The molecule has 8 aromatic carbocycles. The fraction of sp³-hybridized carbons (Fsp3) is 0.111. The first kappa shape index (κ1) is 33.1. The van der Waals surface area contributed by atoms with Crippen molar-refractivity contribution in [3.05, 3.63) is 198 Å². The number of thiophene rings is 1. The zero-order chi connectivity index (χ0) is 37.8. The van der Waals surface area contributed by atoms with Gasteiger partial charge in [0, 0.05) is 42.4 Å². The van der Waals surface area contributed by atoms with Crippen molar-refractivity contribution in [2.24, 2.45) is 0 Å². The number of rotatable bonds is 5. The Morgan fingerprint density at radius 1 is 0.393 bits per heavy atom. The summed E-state index contributed by atoms with van der Waals surface area (Å²) in [6, 6.07) is 65.7. The molecule has 0 fully saturated rings. The van der Waals surface area contributed by atoms with Crippen LogP contribution >= 0.6 is 11.3 Å². The van der Waals surface area contributed by atoms with E-state index < -0.39 is 0 Å². The molecule has 1 aromatic heterocycles. The van der Waals surface area contributed by atoms with Crippen LogP contribution in [0.3, 0.4) is 0 Å². The van der Waals surface area contributed by atoms with E-state index in [1.54, 1.807) is 0 Å². The van der Waals surface area contributed by atoms with E-state index in [0.29, 0.717) is 0 Å². The van der Waals surface area contributed by atoms with E-state index in [2.05, 4.69) is 209 Å². The Bertz CT molecular complexity index is 3030. The van der Waals surface area contributed by atoms with Crippen LogP contribution in [-0.4, -0.2) is 0 Å². The summed E-state index contributed by atoms with van der Waals surface area (Å²) in [5, 5.41) is 2.65. The monoisotopic (exact) mass is 735 g/mol. The van der Waals surface area contributed by atoms with Gasteiger partial charge >= 0.3 is 0 Å².